The number of benzene rings is 4. The number of hydrogen-bond acceptors (Lipinski definition) is 4. The second-order valence-electron chi connectivity index (χ2n) is 8.77. The lowest BCUT2D eigenvalue weighted by molar-refractivity contribution is 0.0696. The van der Waals surface area contributed by atoms with Crippen molar-refractivity contribution < 1.29 is 14.6 Å². The third-order valence-electron chi connectivity index (χ3n) is 6.60. The molecule has 0 fully saturated rings. The average molecular weight is 453 g/mol. The summed E-state index contributed by atoms with van der Waals surface area (Å²) in [6.45, 7) is 5.33. The molecule has 4 aromatic rings. The van der Waals surface area contributed by atoms with Crippen molar-refractivity contribution in [2.45, 2.75) is 26.0 Å². The molecule has 0 bridgehead atoms. The fraction of sp³-hybridized carbons (Fsp3) is 0.207. The fourth-order valence-electron chi connectivity index (χ4n) is 4.83. The van der Waals surface area contributed by atoms with Crippen LogP contribution in [0.5, 0.6) is 5.75 Å². The molecule has 4 aromatic carbocycles. The van der Waals surface area contributed by atoms with Crippen molar-refractivity contribution in [3.63, 3.8) is 0 Å². The van der Waals surface area contributed by atoms with Gasteiger partial charge in [-0.15, -0.1) is 0 Å². The molecule has 172 valence electrons. The quantitative estimate of drug-likeness (QED) is 0.370. The Kier molecular flexibility index (Phi) is 5.95. The van der Waals surface area contributed by atoms with Crippen LogP contribution in [0.2, 0.25) is 0 Å². The maximum absolute atomic E-state index is 11.7. The normalized spacial score (nSPS) is 16.1. The van der Waals surface area contributed by atoms with Crippen LogP contribution in [-0.4, -0.2) is 30.3 Å². The van der Waals surface area contributed by atoms with Crippen molar-refractivity contribution in [3.8, 4) is 5.75 Å². The van der Waals surface area contributed by atoms with E-state index < -0.39 is 5.97 Å². The molecule has 0 radical (unpaired) electrons. The zero-order valence-electron chi connectivity index (χ0n) is 19.4. The summed E-state index contributed by atoms with van der Waals surface area (Å²) in [7, 11) is 0. The van der Waals surface area contributed by atoms with Gasteiger partial charge in [-0.2, -0.15) is 0 Å². The first-order valence-electron chi connectivity index (χ1n) is 11.6. The largest absolute Gasteiger partial charge is 0.485 e. The Bertz CT molecular complexity index is 1350. The minimum absolute atomic E-state index is 0.0970. The van der Waals surface area contributed by atoms with Crippen LogP contribution >= 0.6 is 0 Å². The number of hydrogen-bond donors (Lipinski definition) is 2. The summed E-state index contributed by atoms with van der Waals surface area (Å²) in [4.78, 5) is 13.9. The number of carboxylic acid groups (broad SMARTS) is 1. The number of nitrogens with one attached hydrogen (secondary N) is 1. The van der Waals surface area contributed by atoms with Gasteiger partial charge in [0.25, 0.3) is 0 Å². The molecule has 1 heterocycles. The van der Waals surface area contributed by atoms with Crippen LogP contribution in [0.3, 0.4) is 0 Å². The van der Waals surface area contributed by atoms with Gasteiger partial charge >= 0.3 is 5.97 Å². The van der Waals surface area contributed by atoms with Gasteiger partial charge < -0.3 is 20.1 Å². The van der Waals surface area contributed by atoms with E-state index in [1.807, 2.05) is 37.3 Å². The summed E-state index contributed by atoms with van der Waals surface area (Å²) in [6, 6.07) is 28.4. The number of carboxylic acids is 1. The molecular weight excluding hydrogens is 424 g/mol. The van der Waals surface area contributed by atoms with Crippen molar-refractivity contribution in [3.05, 3.63) is 102 Å². The van der Waals surface area contributed by atoms with Gasteiger partial charge in [0.2, 0.25) is 0 Å². The smallest absolute Gasteiger partial charge is 0.336 e. The SMILES string of the molecule is Cc1c(C(=O)O)cccc1N1CC(CN[C@H](C)c2cccc3ccccc23)Oc2ccccc21. The highest BCUT2D eigenvalue weighted by molar-refractivity contribution is 5.92. The van der Waals surface area contributed by atoms with Gasteiger partial charge in [-0.3, -0.25) is 0 Å². The number of para-hydroxylation sites is 2. The van der Waals surface area contributed by atoms with Gasteiger partial charge in [0.1, 0.15) is 11.9 Å². The van der Waals surface area contributed by atoms with E-state index >= 15 is 0 Å². The molecule has 34 heavy (non-hydrogen) atoms. The molecule has 0 aromatic heterocycles. The second kappa shape index (κ2) is 9.20. The van der Waals surface area contributed by atoms with E-state index in [0.717, 1.165) is 22.7 Å². The Hall–Kier alpha value is -3.83. The van der Waals surface area contributed by atoms with Gasteiger partial charge in [0.15, 0.2) is 0 Å². The Morgan fingerprint density at radius 2 is 1.71 bits per heavy atom. The lowest BCUT2D eigenvalue weighted by Gasteiger charge is -2.37. The van der Waals surface area contributed by atoms with E-state index in [2.05, 4.69) is 59.6 Å². The van der Waals surface area contributed by atoms with Gasteiger partial charge in [0.05, 0.1) is 17.8 Å². The van der Waals surface area contributed by atoms with Crippen LogP contribution in [0, 0.1) is 6.92 Å². The van der Waals surface area contributed by atoms with Crippen molar-refractivity contribution in [2.75, 3.05) is 18.0 Å². The van der Waals surface area contributed by atoms with E-state index in [9.17, 15) is 9.90 Å². The maximum atomic E-state index is 11.7. The molecule has 0 saturated carbocycles. The summed E-state index contributed by atoms with van der Waals surface area (Å²) in [6.07, 6.45) is -0.0970. The molecule has 5 heteroatoms. The number of anilines is 2. The molecule has 0 spiro atoms. The number of rotatable bonds is 6. The number of ether oxygens (including phenoxy) is 1. The summed E-state index contributed by atoms with van der Waals surface area (Å²) in [5.74, 6) is -0.110. The molecule has 1 unspecified atom stereocenters. The first-order chi connectivity index (χ1) is 16.5. The van der Waals surface area contributed by atoms with Crippen molar-refractivity contribution >= 4 is 28.1 Å². The number of nitrogens with zero attached hydrogens (tertiary/aromatic N) is 1. The maximum Gasteiger partial charge on any atom is 0.336 e. The van der Waals surface area contributed by atoms with E-state index in [-0.39, 0.29) is 12.1 Å². The molecule has 1 aliphatic heterocycles. The predicted molar refractivity (Wildman–Crippen MR) is 136 cm³/mol. The van der Waals surface area contributed by atoms with Crippen LogP contribution < -0.4 is 15.0 Å². The molecule has 2 N–H and O–H groups in total. The van der Waals surface area contributed by atoms with Crippen LogP contribution in [0.4, 0.5) is 11.4 Å². The third kappa shape index (κ3) is 4.11. The molecular formula is C29H28N2O3. The first-order valence-corrected chi connectivity index (χ1v) is 11.6. The Morgan fingerprint density at radius 3 is 2.56 bits per heavy atom. The zero-order valence-corrected chi connectivity index (χ0v) is 19.4. The standard InChI is InChI=1S/C29H28N2O3/c1-19-23(29(32)33)12-8-15-26(19)31-18-22(34-28-16-6-5-14-27(28)31)17-30-20(2)24-13-7-10-21-9-3-4-11-25(21)24/h3-16,20,22,30H,17-18H2,1-2H3,(H,32,33)/t20-,22?/m1/s1. The van der Waals surface area contributed by atoms with Crippen molar-refractivity contribution in [2.24, 2.45) is 0 Å². The summed E-state index contributed by atoms with van der Waals surface area (Å²) < 4.78 is 6.35. The van der Waals surface area contributed by atoms with E-state index in [1.54, 1.807) is 12.1 Å². The van der Waals surface area contributed by atoms with E-state index in [0.29, 0.717) is 18.7 Å². The molecule has 0 saturated heterocycles. The lowest BCUT2D eigenvalue weighted by Crippen LogP contribution is -2.44. The van der Waals surface area contributed by atoms with Crippen molar-refractivity contribution in [1.82, 2.24) is 5.32 Å². The summed E-state index contributed by atoms with van der Waals surface area (Å²) in [5.41, 5.74) is 4.17. The lowest BCUT2D eigenvalue weighted by atomic mass is 9.99. The molecule has 0 amide bonds. The molecule has 0 aliphatic carbocycles. The van der Waals surface area contributed by atoms with Crippen LogP contribution in [-0.2, 0) is 0 Å². The molecule has 5 nitrogen and oxygen atoms in total. The van der Waals surface area contributed by atoms with E-state index in [1.165, 1.54) is 16.3 Å². The molecule has 2 atom stereocenters. The average Bonchev–Trinajstić information content (AvgIpc) is 2.86. The number of carbonyl (C=O) groups is 1. The van der Waals surface area contributed by atoms with Crippen LogP contribution in [0.25, 0.3) is 10.8 Å². The van der Waals surface area contributed by atoms with Gasteiger partial charge in [0, 0.05) is 18.3 Å². The highest BCUT2D eigenvalue weighted by Crippen LogP contribution is 2.39. The third-order valence-corrected chi connectivity index (χ3v) is 6.60. The van der Waals surface area contributed by atoms with Gasteiger partial charge in [-0.25, -0.2) is 4.79 Å². The van der Waals surface area contributed by atoms with Crippen LogP contribution in [0.15, 0.2) is 84.9 Å². The molecule has 5 rings (SSSR count). The highest BCUT2D eigenvalue weighted by atomic mass is 16.5. The second-order valence-corrected chi connectivity index (χ2v) is 8.77. The topological polar surface area (TPSA) is 61.8 Å². The Labute approximate surface area is 199 Å². The fourth-order valence-corrected chi connectivity index (χ4v) is 4.83. The predicted octanol–water partition coefficient (Wildman–Crippen LogP) is 6.10. The zero-order chi connectivity index (χ0) is 23.7. The minimum atomic E-state index is -0.914. The first kappa shape index (κ1) is 22.0. The molecule has 1 aliphatic rings. The minimum Gasteiger partial charge on any atom is -0.485 e. The number of fused-ring (bicyclic) bond motifs is 2. The number of aromatic carboxylic acids is 1. The van der Waals surface area contributed by atoms with Gasteiger partial charge in [-0.05, 0) is 60.0 Å². The van der Waals surface area contributed by atoms with E-state index in [4.69, 9.17) is 4.74 Å². The van der Waals surface area contributed by atoms with Crippen LogP contribution in [0.1, 0.15) is 34.5 Å². The summed E-state index contributed by atoms with van der Waals surface area (Å²) >= 11 is 0. The highest BCUT2D eigenvalue weighted by Gasteiger charge is 2.28. The Morgan fingerprint density at radius 1 is 1.00 bits per heavy atom. The summed E-state index contributed by atoms with van der Waals surface area (Å²) in [5, 5.41) is 15.8. The van der Waals surface area contributed by atoms with Gasteiger partial charge in [-0.1, -0.05) is 60.7 Å². The monoisotopic (exact) mass is 452 g/mol. The van der Waals surface area contributed by atoms with Crippen molar-refractivity contribution in [1.29, 1.82) is 0 Å². The Balaban J connectivity index is 1.40.